The first-order chi connectivity index (χ1) is 18.4. The SMILES string of the molecule is COc1cc(OC)c(NC(=O)N2CCC(c3nc(-c4cc(-c5ccc(Cl)c(Cl)c5)no4)cs3)CC2)cc1Cl. The zero-order chi connectivity index (χ0) is 26.8. The van der Waals surface area contributed by atoms with Crippen LogP contribution in [-0.2, 0) is 0 Å². The average Bonchev–Trinajstić information content (AvgIpc) is 3.61. The van der Waals surface area contributed by atoms with Crippen LogP contribution >= 0.6 is 46.1 Å². The third kappa shape index (κ3) is 5.56. The molecule has 0 spiro atoms. The number of nitrogens with one attached hydrogen (secondary N) is 1. The molecule has 3 heterocycles. The summed E-state index contributed by atoms with van der Waals surface area (Å²) < 4.78 is 16.1. The van der Waals surface area contributed by atoms with Crippen LogP contribution < -0.4 is 14.8 Å². The summed E-state index contributed by atoms with van der Waals surface area (Å²) in [5.74, 6) is 1.78. The predicted octanol–water partition coefficient (Wildman–Crippen LogP) is 7.85. The molecule has 2 aromatic heterocycles. The van der Waals surface area contributed by atoms with Crippen molar-refractivity contribution in [2.24, 2.45) is 0 Å². The topological polar surface area (TPSA) is 89.7 Å². The Balaban J connectivity index is 1.21. The van der Waals surface area contributed by atoms with Gasteiger partial charge in [0.2, 0.25) is 0 Å². The Labute approximate surface area is 238 Å². The fraction of sp³-hybridized carbons (Fsp3) is 0.269. The number of nitrogens with zero attached hydrogens (tertiary/aromatic N) is 3. The van der Waals surface area contributed by atoms with Gasteiger partial charge >= 0.3 is 6.03 Å². The molecule has 2 amide bonds. The van der Waals surface area contributed by atoms with Gasteiger partial charge in [-0.15, -0.1) is 11.3 Å². The fourth-order valence-electron chi connectivity index (χ4n) is 4.26. The highest BCUT2D eigenvalue weighted by molar-refractivity contribution is 7.10. The second-order valence-corrected chi connectivity index (χ2v) is 10.8. The minimum atomic E-state index is -0.209. The lowest BCUT2D eigenvalue weighted by Gasteiger charge is -2.31. The molecule has 1 aliphatic rings. The summed E-state index contributed by atoms with van der Waals surface area (Å²) in [5, 5.41) is 11.4. The van der Waals surface area contributed by atoms with E-state index in [4.69, 9.17) is 53.8 Å². The van der Waals surface area contributed by atoms with Crippen LogP contribution in [-0.4, -0.2) is 48.4 Å². The largest absolute Gasteiger partial charge is 0.495 e. The summed E-state index contributed by atoms with van der Waals surface area (Å²) in [7, 11) is 3.05. The van der Waals surface area contributed by atoms with Crippen LogP contribution in [0, 0.1) is 0 Å². The van der Waals surface area contributed by atoms with Crippen molar-refractivity contribution < 1.29 is 18.8 Å². The van der Waals surface area contributed by atoms with Crippen LogP contribution in [0.15, 0.2) is 46.3 Å². The molecular weight excluding hydrogens is 571 g/mol. The van der Waals surface area contributed by atoms with Crippen molar-refractivity contribution in [2.45, 2.75) is 18.8 Å². The Morgan fingerprint density at radius 3 is 2.47 bits per heavy atom. The van der Waals surface area contributed by atoms with Gasteiger partial charge in [0.15, 0.2) is 5.76 Å². The number of thiazole rings is 1. The zero-order valence-electron chi connectivity index (χ0n) is 20.5. The number of aromatic nitrogens is 2. The number of piperidine rings is 1. The van der Waals surface area contributed by atoms with E-state index in [2.05, 4.69) is 10.5 Å². The van der Waals surface area contributed by atoms with Crippen LogP contribution in [0.2, 0.25) is 15.1 Å². The highest BCUT2D eigenvalue weighted by Gasteiger charge is 2.27. The third-order valence-corrected chi connectivity index (χ3v) is 8.39. The number of likely N-dealkylation sites (tertiary alicyclic amines) is 1. The average molecular weight is 594 g/mol. The smallest absolute Gasteiger partial charge is 0.321 e. The number of anilines is 1. The highest BCUT2D eigenvalue weighted by atomic mass is 35.5. The molecule has 12 heteroatoms. The third-order valence-electron chi connectivity index (χ3n) is 6.35. The van der Waals surface area contributed by atoms with E-state index in [9.17, 15) is 4.79 Å². The first-order valence-electron chi connectivity index (χ1n) is 11.7. The summed E-state index contributed by atoms with van der Waals surface area (Å²) in [6.45, 7) is 1.20. The van der Waals surface area contributed by atoms with Gasteiger partial charge in [0.25, 0.3) is 0 Å². The molecule has 0 bridgehead atoms. The van der Waals surface area contributed by atoms with Crippen molar-refractivity contribution in [3.63, 3.8) is 0 Å². The number of methoxy groups -OCH3 is 2. The maximum absolute atomic E-state index is 12.9. The molecule has 0 saturated carbocycles. The fourth-order valence-corrected chi connectivity index (χ4v) is 5.78. The van der Waals surface area contributed by atoms with E-state index in [1.165, 1.54) is 14.2 Å². The number of carbonyl (C=O) groups is 1. The van der Waals surface area contributed by atoms with Crippen LogP contribution in [0.5, 0.6) is 11.5 Å². The molecule has 1 aliphatic heterocycles. The van der Waals surface area contributed by atoms with E-state index in [1.54, 1.807) is 40.5 Å². The molecule has 38 heavy (non-hydrogen) atoms. The molecule has 0 unspecified atom stereocenters. The Hall–Kier alpha value is -2.98. The van der Waals surface area contributed by atoms with E-state index >= 15 is 0 Å². The van der Waals surface area contributed by atoms with Crippen molar-refractivity contribution in [1.29, 1.82) is 0 Å². The summed E-state index contributed by atoms with van der Waals surface area (Å²) in [4.78, 5) is 19.5. The first-order valence-corrected chi connectivity index (χ1v) is 13.7. The predicted molar refractivity (Wildman–Crippen MR) is 150 cm³/mol. The van der Waals surface area contributed by atoms with Crippen molar-refractivity contribution in [2.75, 3.05) is 32.6 Å². The number of hydrogen-bond acceptors (Lipinski definition) is 7. The molecule has 8 nitrogen and oxygen atoms in total. The van der Waals surface area contributed by atoms with E-state index in [0.717, 1.165) is 29.1 Å². The number of hydrogen-bond donors (Lipinski definition) is 1. The Morgan fingerprint density at radius 2 is 1.76 bits per heavy atom. The molecule has 1 fully saturated rings. The first kappa shape index (κ1) is 26.6. The summed E-state index contributed by atoms with van der Waals surface area (Å²) >= 11 is 20.0. The maximum Gasteiger partial charge on any atom is 0.321 e. The van der Waals surface area contributed by atoms with Gasteiger partial charge in [0, 0.05) is 42.1 Å². The number of benzene rings is 2. The number of halogens is 3. The van der Waals surface area contributed by atoms with E-state index < -0.39 is 0 Å². The zero-order valence-corrected chi connectivity index (χ0v) is 23.5. The molecular formula is C26H23Cl3N4O4S. The van der Waals surface area contributed by atoms with Crippen molar-refractivity contribution in [1.82, 2.24) is 15.0 Å². The van der Waals surface area contributed by atoms with Gasteiger partial charge in [-0.3, -0.25) is 0 Å². The lowest BCUT2D eigenvalue weighted by molar-refractivity contribution is 0.194. The number of amides is 2. The molecule has 5 rings (SSSR count). The number of carbonyl (C=O) groups excluding carboxylic acids is 1. The van der Waals surface area contributed by atoms with Crippen LogP contribution in [0.3, 0.4) is 0 Å². The number of rotatable bonds is 6. The van der Waals surface area contributed by atoms with E-state index in [1.807, 2.05) is 17.5 Å². The second kappa shape index (κ2) is 11.4. The lowest BCUT2D eigenvalue weighted by Crippen LogP contribution is -2.40. The number of urea groups is 1. The summed E-state index contributed by atoms with van der Waals surface area (Å²) in [5.41, 5.74) is 2.68. The molecule has 2 aromatic carbocycles. The van der Waals surface area contributed by atoms with Crippen molar-refractivity contribution in [3.8, 4) is 34.2 Å². The Kier molecular flexibility index (Phi) is 7.99. The molecule has 0 atom stereocenters. The molecule has 1 saturated heterocycles. The van der Waals surface area contributed by atoms with Gasteiger partial charge in [0.05, 0.1) is 40.0 Å². The van der Waals surface area contributed by atoms with E-state index in [0.29, 0.717) is 56.8 Å². The van der Waals surface area contributed by atoms with Gasteiger partial charge < -0.3 is 24.2 Å². The summed E-state index contributed by atoms with van der Waals surface area (Å²) in [6, 6.07) is 10.2. The van der Waals surface area contributed by atoms with Crippen LogP contribution in [0.25, 0.3) is 22.7 Å². The summed E-state index contributed by atoms with van der Waals surface area (Å²) in [6.07, 6.45) is 1.59. The Bertz CT molecular complexity index is 1470. The lowest BCUT2D eigenvalue weighted by atomic mass is 9.98. The van der Waals surface area contributed by atoms with Crippen LogP contribution in [0.4, 0.5) is 10.5 Å². The molecule has 198 valence electrons. The standard InChI is InChI=1S/C26H23Cl3N4O4S/c1-35-22-12-23(36-2)20(10-18(22)29)31-26(34)33-7-5-14(6-8-33)25-30-21(13-38-25)24-11-19(32-37-24)15-3-4-16(27)17(28)9-15/h3-4,9-14H,5-8H2,1-2H3,(H,31,34). The quantitative estimate of drug-likeness (QED) is 0.245. The van der Waals surface area contributed by atoms with Gasteiger partial charge in [-0.05, 0) is 31.0 Å². The van der Waals surface area contributed by atoms with Crippen molar-refractivity contribution in [3.05, 3.63) is 61.9 Å². The van der Waals surface area contributed by atoms with Crippen LogP contribution in [0.1, 0.15) is 23.8 Å². The van der Waals surface area contributed by atoms with Gasteiger partial charge in [-0.1, -0.05) is 46.0 Å². The van der Waals surface area contributed by atoms with Gasteiger partial charge in [-0.25, -0.2) is 9.78 Å². The monoisotopic (exact) mass is 592 g/mol. The van der Waals surface area contributed by atoms with Gasteiger partial charge in [0.1, 0.15) is 22.9 Å². The maximum atomic E-state index is 12.9. The van der Waals surface area contributed by atoms with E-state index in [-0.39, 0.29) is 11.9 Å². The highest BCUT2D eigenvalue weighted by Crippen LogP contribution is 2.37. The minimum absolute atomic E-state index is 0.209. The molecule has 0 aliphatic carbocycles. The van der Waals surface area contributed by atoms with Gasteiger partial charge in [-0.2, -0.15) is 0 Å². The Morgan fingerprint density at radius 1 is 1.00 bits per heavy atom. The molecule has 1 N–H and O–H groups in total. The number of ether oxygens (including phenoxy) is 2. The van der Waals surface area contributed by atoms with Crippen molar-refractivity contribution >= 4 is 57.9 Å². The normalized spacial score (nSPS) is 14.0. The molecule has 4 aromatic rings. The minimum Gasteiger partial charge on any atom is -0.495 e. The second-order valence-electron chi connectivity index (χ2n) is 8.65. The molecule has 0 radical (unpaired) electrons.